The molecule has 0 fully saturated rings. The van der Waals surface area contributed by atoms with Crippen LogP contribution < -0.4 is 0 Å². The van der Waals surface area contributed by atoms with Gasteiger partial charge in [0.15, 0.2) is 0 Å². The number of hydrogen-bond acceptors (Lipinski definition) is 1. The zero-order valence-corrected chi connectivity index (χ0v) is 7.19. The van der Waals surface area contributed by atoms with E-state index < -0.39 is 0 Å². The van der Waals surface area contributed by atoms with Crippen molar-refractivity contribution in [1.29, 1.82) is 0 Å². The molecule has 11 heavy (non-hydrogen) atoms. The molecule has 1 atom stereocenters. The molecule has 0 aliphatic heterocycles. The van der Waals surface area contributed by atoms with Crippen molar-refractivity contribution in [2.24, 2.45) is 5.92 Å². The molecular weight excluding hydrogens is 152 g/mol. The highest BCUT2D eigenvalue weighted by Gasteiger charge is 2.06. The van der Waals surface area contributed by atoms with Crippen LogP contribution in [0.15, 0.2) is 29.7 Å². The van der Waals surface area contributed by atoms with Gasteiger partial charge in [-0.05, 0) is 29.2 Å². The van der Waals surface area contributed by atoms with E-state index in [2.05, 4.69) is 42.7 Å². The maximum Gasteiger partial charge on any atom is 0.0339 e. The number of allylic oxidation sites excluding steroid dienone is 4. The van der Waals surface area contributed by atoms with Gasteiger partial charge >= 0.3 is 0 Å². The van der Waals surface area contributed by atoms with Gasteiger partial charge in [0.05, 0.1) is 0 Å². The lowest BCUT2D eigenvalue weighted by molar-refractivity contribution is 0.930. The second-order valence-electron chi connectivity index (χ2n) is 2.70. The summed E-state index contributed by atoms with van der Waals surface area (Å²) in [5, 5.41) is 2.10. The SMILES string of the molecule is CC1[C]=CC(c2cccs2)=C1. The Hall–Kier alpha value is -0.820. The second kappa shape index (κ2) is 2.67. The van der Waals surface area contributed by atoms with Crippen LogP contribution in [0, 0.1) is 12.0 Å². The van der Waals surface area contributed by atoms with E-state index in [1.165, 1.54) is 10.5 Å². The maximum atomic E-state index is 3.25. The Kier molecular flexibility index (Phi) is 1.66. The largest absolute Gasteiger partial charge is 0.144 e. The lowest BCUT2D eigenvalue weighted by Crippen LogP contribution is -1.75. The fourth-order valence-electron chi connectivity index (χ4n) is 1.18. The van der Waals surface area contributed by atoms with E-state index >= 15 is 0 Å². The third-order valence-electron chi connectivity index (χ3n) is 1.74. The molecule has 2 rings (SSSR count). The highest BCUT2D eigenvalue weighted by atomic mass is 32.1. The van der Waals surface area contributed by atoms with Crippen molar-refractivity contribution in [1.82, 2.24) is 0 Å². The van der Waals surface area contributed by atoms with Gasteiger partial charge in [-0.2, -0.15) is 0 Å². The molecule has 1 aliphatic rings. The second-order valence-corrected chi connectivity index (χ2v) is 3.65. The Balaban J connectivity index is 2.33. The minimum Gasteiger partial charge on any atom is -0.144 e. The summed E-state index contributed by atoms with van der Waals surface area (Å²) in [6.45, 7) is 2.15. The van der Waals surface area contributed by atoms with Crippen molar-refractivity contribution in [3.8, 4) is 0 Å². The van der Waals surface area contributed by atoms with Crippen molar-refractivity contribution < 1.29 is 0 Å². The van der Waals surface area contributed by atoms with Crippen LogP contribution in [0.2, 0.25) is 0 Å². The molecule has 0 N–H and O–H groups in total. The zero-order chi connectivity index (χ0) is 7.68. The zero-order valence-electron chi connectivity index (χ0n) is 6.37. The van der Waals surface area contributed by atoms with Crippen molar-refractivity contribution in [2.75, 3.05) is 0 Å². The van der Waals surface area contributed by atoms with Crippen molar-refractivity contribution in [3.05, 3.63) is 40.6 Å². The van der Waals surface area contributed by atoms with Crippen LogP contribution >= 0.6 is 11.3 Å². The van der Waals surface area contributed by atoms with Crippen LogP contribution in [0.5, 0.6) is 0 Å². The first-order valence-electron chi connectivity index (χ1n) is 3.71. The van der Waals surface area contributed by atoms with Crippen LogP contribution in [-0.2, 0) is 0 Å². The summed E-state index contributed by atoms with van der Waals surface area (Å²) in [4.78, 5) is 1.35. The number of hydrogen-bond donors (Lipinski definition) is 0. The van der Waals surface area contributed by atoms with Gasteiger partial charge in [-0.1, -0.05) is 19.1 Å². The van der Waals surface area contributed by atoms with Crippen LogP contribution in [0.4, 0.5) is 0 Å². The van der Waals surface area contributed by atoms with Gasteiger partial charge in [-0.25, -0.2) is 0 Å². The summed E-state index contributed by atoms with van der Waals surface area (Å²) in [6, 6.07) is 4.23. The normalized spacial score (nSPS) is 22.3. The maximum absolute atomic E-state index is 3.25. The molecular formula is C10H9S. The molecule has 55 valence electrons. The Labute approximate surface area is 70.9 Å². The molecule has 1 heteroatoms. The van der Waals surface area contributed by atoms with E-state index in [1.54, 1.807) is 11.3 Å². The fraction of sp³-hybridized carbons (Fsp3) is 0.200. The van der Waals surface area contributed by atoms with Gasteiger partial charge in [0.25, 0.3) is 0 Å². The van der Waals surface area contributed by atoms with Gasteiger partial charge in [-0.15, -0.1) is 11.3 Å². The van der Waals surface area contributed by atoms with Crippen molar-refractivity contribution >= 4 is 16.9 Å². The van der Waals surface area contributed by atoms with E-state index in [4.69, 9.17) is 0 Å². The summed E-state index contributed by atoms with van der Waals surface area (Å²) in [5.74, 6) is 0.493. The predicted molar refractivity (Wildman–Crippen MR) is 49.3 cm³/mol. The minimum atomic E-state index is 0.493. The van der Waals surface area contributed by atoms with Gasteiger partial charge in [0.2, 0.25) is 0 Å². The fourth-order valence-corrected chi connectivity index (χ4v) is 1.91. The Bertz CT molecular complexity index is 291. The molecule has 1 radical (unpaired) electrons. The standard InChI is InChI=1S/C10H9S/c1-8-4-5-9(7-8)10-3-2-6-11-10/h2-3,5-8H,1H3. The summed E-state index contributed by atoms with van der Waals surface area (Å²) in [6.07, 6.45) is 7.57. The molecule has 1 heterocycles. The van der Waals surface area contributed by atoms with Crippen molar-refractivity contribution in [2.45, 2.75) is 6.92 Å². The Morgan fingerprint density at radius 3 is 3.00 bits per heavy atom. The highest BCUT2D eigenvalue weighted by molar-refractivity contribution is 7.11. The molecule has 1 unspecified atom stereocenters. The Morgan fingerprint density at radius 2 is 2.45 bits per heavy atom. The molecule has 0 aromatic carbocycles. The minimum absolute atomic E-state index is 0.493. The topological polar surface area (TPSA) is 0 Å². The predicted octanol–water partition coefficient (Wildman–Crippen LogP) is 3.14. The first kappa shape index (κ1) is 6.86. The average Bonchev–Trinajstić information content (AvgIpc) is 2.55. The lowest BCUT2D eigenvalue weighted by Gasteiger charge is -1.91. The number of rotatable bonds is 1. The molecule has 1 aromatic rings. The lowest BCUT2D eigenvalue weighted by atomic mass is 10.2. The van der Waals surface area contributed by atoms with Gasteiger partial charge in [-0.3, -0.25) is 0 Å². The molecule has 0 amide bonds. The molecule has 0 nitrogen and oxygen atoms in total. The third-order valence-corrected chi connectivity index (χ3v) is 2.66. The molecule has 1 aromatic heterocycles. The quantitative estimate of drug-likeness (QED) is 0.593. The van der Waals surface area contributed by atoms with E-state index in [0.29, 0.717) is 5.92 Å². The third kappa shape index (κ3) is 1.29. The van der Waals surface area contributed by atoms with Crippen LogP contribution in [-0.4, -0.2) is 0 Å². The van der Waals surface area contributed by atoms with Gasteiger partial charge < -0.3 is 0 Å². The molecule has 0 spiro atoms. The van der Waals surface area contributed by atoms with Crippen molar-refractivity contribution in [3.63, 3.8) is 0 Å². The van der Waals surface area contributed by atoms with E-state index in [-0.39, 0.29) is 0 Å². The summed E-state index contributed by atoms with van der Waals surface area (Å²) >= 11 is 1.78. The first-order valence-corrected chi connectivity index (χ1v) is 4.59. The summed E-state index contributed by atoms with van der Waals surface area (Å²) in [5.41, 5.74) is 1.33. The van der Waals surface area contributed by atoms with Gasteiger partial charge in [0, 0.05) is 10.8 Å². The smallest absolute Gasteiger partial charge is 0.0339 e. The molecule has 0 saturated heterocycles. The highest BCUT2D eigenvalue weighted by Crippen LogP contribution is 2.27. The van der Waals surface area contributed by atoms with Crippen LogP contribution in [0.25, 0.3) is 5.57 Å². The summed E-state index contributed by atoms with van der Waals surface area (Å²) < 4.78 is 0. The summed E-state index contributed by atoms with van der Waals surface area (Å²) in [7, 11) is 0. The molecule has 1 aliphatic carbocycles. The first-order chi connectivity index (χ1) is 5.36. The molecule has 0 saturated carbocycles. The van der Waals surface area contributed by atoms with E-state index in [9.17, 15) is 0 Å². The Morgan fingerprint density at radius 1 is 1.55 bits per heavy atom. The van der Waals surface area contributed by atoms with Gasteiger partial charge in [0.1, 0.15) is 0 Å². The monoisotopic (exact) mass is 161 g/mol. The van der Waals surface area contributed by atoms with E-state index in [1.807, 2.05) is 0 Å². The molecule has 0 bridgehead atoms. The number of thiophene rings is 1. The van der Waals surface area contributed by atoms with Crippen LogP contribution in [0.1, 0.15) is 11.8 Å². The average molecular weight is 161 g/mol. The van der Waals surface area contributed by atoms with E-state index in [0.717, 1.165) is 0 Å². The van der Waals surface area contributed by atoms with Crippen LogP contribution in [0.3, 0.4) is 0 Å².